The summed E-state index contributed by atoms with van der Waals surface area (Å²) in [6.45, 7) is -3.00. The van der Waals surface area contributed by atoms with Crippen molar-refractivity contribution in [2.24, 2.45) is 5.92 Å². The third kappa shape index (κ3) is 2.77. The summed E-state index contributed by atoms with van der Waals surface area (Å²) < 4.78 is 52.1. The molecular weight excluding hydrogens is 340 g/mol. The number of carbonyl (C=O) groups is 1. The third-order valence-corrected chi connectivity index (χ3v) is 5.96. The Kier molecular flexibility index (Phi) is 3.76. The van der Waals surface area contributed by atoms with E-state index in [1.165, 1.54) is 23.1 Å². The number of sulfone groups is 1. The summed E-state index contributed by atoms with van der Waals surface area (Å²) in [5.74, 6) is -0.698. The Morgan fingerprint density at radius 3 is 2.68 bits per heavy atom. The van der Waals surface area contributed by atoms with Gasteiger partial charge >= 0.3 is 6.61 Å². The van der Waals surface area contributed by atoms with Gasteiger partial charge in [0, 0.05) is 18.0 Å². The zero-order chi connectivity index (χ0) is 16.1. The molecule has 1 aromatic rings. The van der Waals surface area contributed by atoms with Crippen molar-refractivity contribution in [2.75, 3.05) is 16.4 Å². The van der Waals surface area contributed by atoms with E-state index in [1.807, 2.05) is 0 Å². The molecule has 0 aromatic heterocycles. The second-order valence-electron chi connectivity index (χ2n) is 5.37. The molecule has 2 fully saturated rings. The number of nitrogens with zero attached hydrogens (tertiary/aromatic N) is 1. The zero-order valence-corrected chi connectivity index (χ0v) is 12.8. The molecule has 0 radical (unpaired) electrons. The second kappa shape index (κ2) is 5.34. The van der Waals surface area contributed by atoms with Gasteiger partial charge in [0.05, 0.1) is 22.6 Å². The highest BCUT2D eigenvalue weighted by atomic mass is 35.5. The van der Waals surface area contributed by atoms with E-state index in [0.717, 1.165) is 0 Å². The van der Waals surface area contributed by atoms with Gasteiger partial charge in [-0.1, -0.05) is 11.6 Å². The van der Waals surface area contributed by atoms with Gasteiger partial charge in [0.15, 0.2) is 9.84 Å². The average Bonchev–Trinajstić information content (AvgIpc) is 2.81. The van der Waals surface area contributed by atoms with Crippen LogP contribution >= 0.6 is 11.6 Å². The Morgan fingerprint density at radius 2 is 2.05 bits per heavy atom. The fourth-order valence-corrected chi connectivity index (χ4v) is 5.35. The number of carbonyl (C=O) groups excluding carboxylic acids is 1. The SMILES string of the molecule is O=C1C[C@@H]2CS(=O)(=O)C[C@H]2N1c1ccc(OC(F)F)c(Cl)c1. The minimum absolute atomic E-state index is 0.000214. The number of benzene rings is 1. The Bertz CT molecular complexity index is 725. The molecule has 3 rings (SSSR count). The van der Waals surface area contributed by atoms with Crippen LogP contribution in [0.4, 0.5) is 14.5 Å². The predicted octanol–water partition coefficient (Wildman–Crippen LogP) is 2.09. The molecule has 0 N–H and O–H groups in total. The first-order valence-electron chi connectivity index (χ1n) is 6.54. The van der Waals surface area contributed by atoms with Crippen molar-refractivity contribution in [2.45, 2.75) is 19.1 Å². The first-order chi connectivity index (χ1) is 10.3. The van der Waals surface area contributed by atoms with Gasteiger partial charge in [0.25, 0.3) is 0 Å². The molecule has 2 aliphatic heterocycles. The number of hydrogen-bond acceptors (Lipinski definition) is 4. The lowest BCUT2D eigenvalue weighted by molar-refractivity contribution is -0.117. The number of alkyl halides is 2. The molecule has 0 unspecified atom stereocenters. The number of halogens is 3. The van der Waals surface area contributed by atoms with Crippen LogP contribution in [0.1, 0.15) is 6.42 Å². The van der Waals surface area contributed by atoms with E-state index in [4.69, 9.17) is 11.6 Å². The van der Waals surface area contributed by atoms with E-state index < -0.39 is 22.5 Å². The molecule has 22 heavy (non-hydrogen) atoms. The number of ether oxygens (including phenoxy) is 1. The van der Waals surface area contributed by atoms with Gasteiger partial charge < -0.3 is 9.64 Å². The lowest BCUT2D eigenvalue weighted by Gasteiger charge is -2.24. The van der Waals surface area contributed by atoms with E-state index >= 15 is 0 Å². The van der Waals surface area contributed by atoms with Gasteiger partial charge in [-0.3, -0.25) is 4.79 Å². The summed E-state index contributed by atoms with van der Waals surface area (Å²) in [5, 5.41) is -0.0603. The molecule has 5 nitrogen and oxygen atoms in total. The number of rotatable bonds is 3. The maximum atomic E-state index is 12.2. The Balaban J connectivity index is 1.90. The fraction of sp³-hybridized carbons (Fsp3) is 0.462. The quantitative estimate of drug-likeness (QED) is 0.836. The van der Waals surface area contributed by atoms with Crippen molar-refractivity contribution >= 4 is 33.0 Å². The topological polar surface area (TPSA) is 63.7 Å². The number of fused-ring (bicyclic) bond motifs is 1. The minimum Gasteiger partial charge on any atom is -0.433 e. The average molecular weight is 352 g/mol. The molecule has 0 bridgehead atoms. The minimum atomic E-state index is -3.15. The number of hydrogen-bond donors (Lipinski definition) is 0. The summed E-state index contributed by atoms with van der Waals surface area (Å²) >= 11 is 5.88. The van der Waals surface area contributed by atoms with Crippen molar-refractivity contribution in [3.63, 3.8) is 0 Å². The molecule has 2 saturated heterocycles. The van der Waals surface area contributed by atoms with Gasteiger partial charge in [0.2, 0.25) is 5.91 Å². The standard InChI is InChI=1S/C13H12ClF2NO4S/c14-9-4-8(1-2-11(9)21-13(15)16)17-10-6-22(19,20)5-7(10)3-12(17)18/h1-2,4,7,10,13H,3,5-6H2/t7-,10-/m1/s1. The first-order valence-corrected chi connectivity index (χ1v) is 8.73. The number of amides is 1. The lowest BCUT2D eigenvalue weighted by atomic mass is 10.0. The van der Waals surface area contributed by atoms with Gasteiger partial charge in [0.1, 0.15) is 5.75 Å². The van der Waals surface area contributed by atoms with Gasteiger partial charge in [-0.2, -0.15) is 8.78 Å². The van der Waals surface area contributed by atoms with Crippen LogP contribution in [-0.4, -0.2) is 38.5 Å². The molecule has 2 atom stereocenters. The predicted molar refractivity (Wildman–Crippen MR) is 76.1 cm³/mol. The third-order valence-electron chi connectivity index (χ3n) is 3.88. The van der Waals surface area contributed by atoms with Crippen molar-refractivity contribution in [3.05, 3.63) is 23.2 Å². The van der Waals surface area contributed by atoms with Crippen LogP contribution in [0.3, 0.4) is 0 Å². The molecule has 0 spiro atoms. The smallest absolute Gasteiger partial charge is 0.387 e. The summed E-state index contributed by atoms with van der Waals surface area (Å²) in [4.78, 5) is 13.5. The van der Waals surface area contributed by atoms with Crippen molar-refractivity contribution in [1.29, 1.82) is 0 Å². The van der Waals surface area contributed by atoms with Gasteiger partial charge in [-0.25, -0.2) is 8.42 Å². The Hall–Kier alpha value is -1.41. The van der Waals surface area contributed by atoms with Crippen LogP contribution < -0.4 is 9.64 Å². The molecule has 1 aromatic carbocycles. The van der Waals surface area contributed by atoms with Crippen LogP contribution in [-0.2, 0) is 14.6 Å². The largest absolute Gasteiger partial charge is 0.433 e. The van der Waals surface area contributed by atoms with Crippen molar-refractivity contribution in [3.8, 4) is 5.75 Å². The lowest BCUT2D eigenvalue weighted by Crippen LogP contribution is -2.36. The van der Waals surface area contributed by atoms with E-state index in [-0.39, 0.29) is 40.5 Å². The van der Waals surface area contributed by atoms with Crippen LogP contribution in [0, 0.1) is 5.92 Å². The first kappa shape index (κ1) is 15.5. The number of anilines is 1. The highest BCUT2D eigenvalue weighted by molar-refractivity contribution is 7.91. The van der Waals surface area contributed by atoms with E-state index in [2.05, 4.69) is 4.74 Å². The van der Waals surface area contributed by atoms with Gasteiger partial charge in [-0.05, 0) is 18.2 Å². The van der Waals surface area contributed by atoms with E-state index in [0.29, 0.717) is 5.69 Å². The van der Waals surface area contributed by atoms with Crippen LogP contribution in [0.2, 0.25) is 5.02 Å². The molecule has 9 heteroatoms. The van der Waals surface area contributed by atoms with Crippen molar-refractivity contribution < 1.29 is 26.7 Å². The molecular formula is C13H12ClF2NO4S. The van der Waals surface area contributed by atoms with Gasteiger partial charge in [-0.15, -0.1) is 0 Å². The summed E-state index contributed by atoms with van der Waals surface area (Å²) in [6.07, 6.45) is 0.163. The second-order valence-corrected chi connectivity index (χ2v) is 7.93. The molecule has 120 valence electrons. The van der Waals surface area contributed by atoms with Crippen LogP contribution in [0.15, 0.2) is 18.2 Å². The zero-order valence-electron chi connectivity index (χ0n) is 11.2. The highest BCUT2D eigenvalue weighted by Gasteiger charge is 2.49. The monoisotopic (exact) mass is 351 g/mol. The normalized spacial score (nSPS) is 26.5. The molecule has 1 amide bonds. The maximum Gasteiger partial charge on any atom is 0.387 e. The molecule has 2 aliphatic rings. The molecule has 2 heterocycles. The molecule has 0 saturated carbocycles. The molecule has 0 aliphatic carbocycles. The summed E-state index contributed by atoms with van der Waals surface area (Å²) in [6, 6.07) is 3.59. The summed E-state index contributed by atoms with van der Waals surface area (Å²) in [7, 11) is -3.15. The fourth-order valence-electron chi connectivity index (χ4n) is 3.06. The Labute approximate surface area is 130 Å². The Morgan fingerprint density at radius 1 is 1.32 bits per heavy atom. The van der Waals surface area contributed by atoms with E-state index in [1.54, 1.807) is 0 Å². The van der Waals surface area contributed by atoms with E-state index in [9.17, 15) is 22.0 Å². The highest BCUT2D eigenvalue weighted by Crippen LogP contribution is 2.39. The van der Waals surface area contributed by atoms with Crippen LogP contribution in [0.25, 0.3) is 0 Å². The van der Waals surface area contributed by atoms with Crippen LogP contribution in [0.5, 0.6) is 5.75 Å². The summed E-state index contributed by atoms with van der Waals surface area (Å²) in [5.41, 5.74) is 0.390. The van der Waals surface area contributed by atoms with Crippen molar-refractivity contribution in [1.82, 2.24) is 0 Å². The maximum absolute atomic E-state index is 12.2.